The monoisotopic (exact) mass is 413 g/mol. The van der Waals surface area contributed by atoms with Crippen molar-refractivity contribution in [3.05, 3.63) is 36.1 Å². The molecule has 3 heterocycles. The van der Waals surface area contributed by atoms with E-state index >= 15 is 0 Å². The fraction of sp³-hybridized carbons (Fsp3) is 0.429. The van der Waals surface area contributed by atoms with Gasteiger partial charge in [-0.1, -0.05) is 35.6 Å². The van der Waals surface area contributed by atoms with Crippen molar-refractivity contribution in [2.75, 3.05) is 13.1 Å². The Morgan fingerprint density at radius 3 is 3.00 bits per heavy atom. The van der Waals surface area contributed by atoms with Gasteiger partial charge in [-0.15, -0.1) is 0 Å². The van der Waals surface area contributed by atoms with E-state index in [1.54, 1.807) is 4.90 Å². The smallest absolute Gasteiger partial charge is 0.241 e. The number of nitrogens with zero attached hydrogens (tertiary/aromatic N) is 2. The van der Waals surface area contributed by atoms with E-state index < -0.39 is 12.0 Å². The maximum Gasteiger partial charge on any atom is 0.241 e. The SMILES string of the molecule is O=C(CCc1cc2ccccc2o1)C1C(=S)CN[C@@H]1C(=O)N1CCC[C@H]1C=NO. The molecule has 0 aliphatic carbocycles. The number of aryl methyl sites for hydroxylation is 1. The highest BCUT2D eigenvalue weighted by atomic mass is 32.1. The highest BCUT2D eigenvalue weighted by Gasteiger charge is 2.44. The van der Waals surface area contributed by atoms with E-state index in [-0.39, 0.29) is 24.2 Å². The van der Waals surface area contributed by atoms with Crippen molar-refractivity contribution in [1.29, 1.82) is 0 Å². The fourth-order valence-corrected chi connectivity index (χ4v) is 4.61. The summed E-state index contributed by atoms with van der Waals surface area (Å²) < 4.78 is 5.79. The predicted octanol–water partition coefficient (Wildman–Crippen LogP) is 2.34. The van der Waals surface area contributed by atoms with Crippen LogP contribution in [0.4, 0.5) is 0 Å². The highest BCUT2D eigenvalue weighted by molar-refractivity contribution is 7.80. The molecule has 0 radical (unpaired) electrons. The van der Waals surface area contributed by atoms with Gasteiger partial charge in [-0.05, 0) is 25.0 Å². The molecule has 1 unspecified atom stereocenters. The zero-order valence-corrected chi connectivity index (χ0v) is 16.7. The molecular weight excluding hydrogens is 390 g/mol. The summed E-state index contributed by atoms with van der Waals surface area (Å²) in [6.07, 6.45) is 3.69. The molecule has 0 bridgehead atoms. The van der Waals surface area contributed by atoms with Gasteiger partial charge >= 0.3 is 0 Å². The Morgan fingerprint density at radius 1 is 1.38 bits per heavy atom. The van der Waals surface area contributed by atoms with E-state index in [0.717, 1.165) is 29.6 Å². The lowest BCUT2D eigenvalue weighted by Crippen LogP contribution is -2.50. The van der Waals surface area contributed by atoms with Gasteiger partial charge in [0.15, 0.2) is 0 Å². The molecule has 2 aliphatic rings. The number of amides is 1. The first-order chi connectivity index (χ1) is 14.1. The number of nitrogens with one attached hydrogen (secondary N) is 1. The number of ketones is 1. The number of carbonyl (C=O) groups excluding carboxylic acids is 2. The van der Waals surface area contributed by atoms with Crippen LogP contribution in [-0.2, 0) is 16.0 Å². The molecule has 0 saturated carbocycles. The summed E-state index contributed by atoms with van der Waals surface area (Å²) in [6.45, 7) is 0.958. The molecule has 0 spiro atoms. The van der Waals surface area contributed by atoms with Gasteiger partial charge in [0.25, 0.3) is 0 Å². The number of oxime groups is 1. The Labute approximate surface area is 173 Å². The van der Waals surface area contributed by atoms with Gasteiger partial charge in [-0.2, -0.15) is 0 Å². The van der Waals surface area contributed by atoms with Crippen molar-refractivity contribution in [3.8, 4) is 0 Å². The van der Waals surface area contributed by atoms with Crippen molar-refractivity contribution in [2.45, 2.75) is 37.8 Å². The van der Waals surface area contributed by atoms with E-state index in [1.807, 2.05) is 30.3 Å². The first-order valence-electron chi connectivity index (χ1n) is 9.83. The lowest BCUT2D eigenvalue weighted by Gasteiger charge is -2.27. The van der Waals surface area contributed by atoms with E-state index in [9.17, 15) is 9.59 Å². The van der Waals surface area contributed by atoms with Gasteiger partial charge in [0.2, 0.25) is 5.91 Å². The number of benzene rings is 1. The Kier molecular flexibility index (Phi) is 5.73. The van der Waals surface area contributed by atoms with Crippen LogP contribution in [0.5, 0.6) is 0 Å². The largest absolute Gasteiger partial charge is 0.461 e. The Bertz CT molecular complexity index is 937. The summed E-state index contributed by atoms with van der Waals surface area (Å²) in [5, 5.41) is 16.0. The number of carbonyl (C=O) groups is 2. The van der Waals surface area contributed by atoms with Gasteiger partial charge < -0.3 is 19.8 Å². The summed E-state index contributed by atoms with van der Waals surface area (Å²) in [5.74, 6) is -0.0769. The molecular formula is C21H23N3O4S. The van der Waals surface area contributed by atoms with Crippen LogP contribution in [0.1, 0.15) is 25.0 Å². The van der Waals surface area contributed by atoms with Crippen molar-refractivity contribution in [1.82, 2.24) is 10.2 Å². The second-order valence-corrected chi connectivity index (χ2v) is 8.05. The number of hydrogen-bond acceptors (Lipinski definition) is 7. The van der Waals surface area contributed by atoms with E-state index in [2.05, 4.69) is 10.5 Å². The molecule has 2 aromatic rings. The average Bonchev–Trinajstić information content (AvgIpc) is 3.43. The zero-order chi connectivity index (χ0) is 20.4. The van der Waals surface area contributed by atoms with Gasteiger partial charge in [0.05, 0.1) is 18.2 Å². The molecule has 1 aromatic carbocycles. The summed E-state index contributed by atoms with van der Waals surface area (Å²) in [6, 6.07) is 8.77. The van der Waals surface area contributed by atoms with Crippen LogP contribution >= 0.6 is 12.2 Å². The van der Waals surface area contributed by atoms with Gasteiger partial charge in [0.1, 0.15) is 23.2 Å². The number of para-hydroxylation sites is 1. The molecule has 8 heteroatoms. The third-order valence-corrected chi connectivity index (χ3v) is 6.10. The quantitative estimate of drug-likeness (QED) is 0.327. The molecule has 1 aromatic heterocycles. The minimum Gasteiger partial charge on any atom is -0.461 e. The van der Waals surface area contributed by atoms with Crippen molar-refractivity contribution >= 4 is 46.0 Å². The van der Waals surface area contributed by atoms with Gasteiger partial charge in [0, 0.05) is 36.2 Å². The molecule has 4 rings (SSSR count). The molecule has 3 atom stereocenters. The number of likely N-dealkylation sites (tertiary alicyclic amines) is 1. The first kappa shape index (κ1) is 19.7. The zero-order valence-electron chi connectivity index (χ0n) is 15.9. The molecule has 152 valence electrons. The number of rotatable bonds is 6. The van der Waals surface area contributed by atoms with E-state index in [0.29, 0.717) is 24.4 Å². The van der Waals surface area contributed by atoms with Crippen LogP contribution in [0.15, 0.2) is 39.9 Å². The number of furan rings is 1. The third kappa shape index (κ3) is 3.95. The van der Waals surface area contributed by atoms with Crippen molar-refractivity contribution in [2.24, 2.45) is 11.1 Å². The molecule has 29 heavy (non-hydrogen) atoms. The molecule has 7 nitrogen and oxygen atoms in total. The Morgan fingerprint density at radius 2 is 2.21 bits per heavy atom. The second kappa shape index (κ2) is 8.42. The lowest BCUT2D eigenvalue weighted by atomic mass is 9.91. The molecule has 2 fully saturated rings. The molecule has 2 N–H and O–H groups in total. The molecule has 2 saturated heterocycles. The van der Waals surface area contributed by atoms with Crippen LogP contribution in [0.3, 0.4) is 0 Å². The number of hydrogen-bond donors (Lipinski definition) is 2. The summed E-state index contributed by atoms with van der Waals surface area (Å²) in [4.78, 5) is 28.3. The molecule has 2 aliphatic heterocycles. The minimum atomic E-state index is -0.654. The number of Topliss-reactive ketones (excluding diaryl/α,β-unsaturated/α-hetero) is 1. The van der Waals surface area contributed by atoms with Gasteiger partial charge in [-0.25, -0.2) is 0 Å². The van der Waals surface area contributed by atoms with E-state index in [4.69, 9.17) is 21.8 Å². The summed E-state index contributed by atoms with van der Waals surface area (Å²) in [7, 11) is 0. The standard InChI is InChI=1S/C21H23N3O4S/c25-16(8-7-15-10-13-4-1-2-6-17(13)28-15)19-18(29)12-22-20(19)21(26)24-9-3-5-14(24)11-23-27/h1-2,4,6,10-11,14,19-20,22,27H,3,5,7-9,12H2/t14-,19?,20-/m0/s1. The van der Waals surface area contributed by atoms with Crippen molar-refractivity contribution in [3.63, 3.8) is 0 Å². The maximum atomic E-state index is 13.1. The number of fused-ring (bicyclic) bond motifs is 1. The van der Waals surface area contributed by atoms with Crippen LogP contribution in [0, 0.1) is 5.92 Å². The van der Waals surface area contributed by atoms with Crippen molar-refractivity contribution < 1.29 is 19.2 Å². The topological polar surface area (TPSA) is 95.1 Å². The fourth-order valence-electron chi connectivity index (χ4n) is 4.26. The minimum absolute atomic E-state index is 0.0506. The van der Waals surface area contributed by atoms with Crippen LogP contribution in [0.2, 0.25) is 0 Å². The van der Waals surface area contributed by atoms with E-state index in [1.165, 1.54) is 6.21 Å². The Hall–Kier alpha value is -2.58. The maximum absolute atomic E-state index is 13.1. The average molecular weight is 413 g/mol. The second-order valence-electron chi connectivity index (χ2n) is 7.53. The summed E-state index contributed by atoms with van der Waals surface area (Å²) in [5.41, 5.74) is 0.798. The predicted molar refractivity (Wildman–Crippen MR) is 112 cm³/mol. The Balaban J connectivity index is 1.44. The molecule has 1 amide bonds. The summed E-state index contributed by atoms with van der Waals surface area (Å²) >= 11 is 5.41. The van der Waals surface area contributed by atoms with Crippen LogP contribution < -0.4 is 5.32 Å². The normalized spacial score (nSPS) is 24.8. The number of thiocarbonyl (C=S) groups is 1. The lowest BCUT2D eigenvalue weighted by molar-refractivity contribution is -0.136. The third-order valence-electron chi connectivity index (χ3n) is 5.70. The van der Waals surface area contributed by atoms with Gasteiger partial charge in [-0.3, -0.25) is 9.59 Å². The van der Waals surface area contributed by atoms with Crippen LogP contribution in [-0.4, -0.2) is 58.0 Å². The highest BCUT2D eigenvalue weighted by Crippen LogP contribution is 2.25. The van der Waals surface area contributed by atoms with Crippen LogP contribution in [0.25, 0.3) is 11.0 Å². The first-order valence-corrected chi connectivity index (χ1v) is 10.2.